The lowest BCUT2D eigenvalue weighted by molar-refractivity contribution is -0.137. The molecule has 20 heavy (non-hydrogen) atoms. The first-order chi connectivity index (χ1) is 9.58. The van der Waals surface area contributed by atoms with E-state index in [0.717, 1.165) is 44.1 Å². The Hall–Kier alpha value is -1.45. The highest BCUT2D eigenvalue weighted by Crippen LogP contribution is 2.40. The van der Waals surface area contributed by atoms with Gasteiger partial charge in [0.25, 0.3) is 0 Å². The summed E-state index contributed by atoms with van der Waals surface area (Å²) in [4.78, 5) is 33.8. The maximum absolute atomic E-state index is 12.0. The van der Waals surface area contributed by atoms with E-state index in [0.29, 0.717) is 19.3 Å². The molecule has 2 rings (SSSR count). The summed E-state index contributed by atoms with van der Waals surface area (Å²) in [6.07, 6.45) is 7.07. The Morgan fingerprint density at radius 2 is 1.80 bits per heavy atom. The van der Waals surface area contributed by atoms with Gasteiger partial charge in [0.2, 0.25) is 0 Å². The van der Waals surface area contributed by atoms with Crippen molar-refractivity contribution in [1.82, 2.24) is 0 Å². The van der Waals surface area contributed by atoms with Gasteiger partial charge in [-0.3, -0.25) is 14.4 Å². The number of carboxylic acids is 1. The highest BCUT2D eigenvalue weighted by atomic mass is 16.4. The van der Waals surface area contributed by atoms with Crippen molar-refractivity contribution in [3.05, 3.63) is 11.1 Å². The molecule has 0 aliphatic heterocycles. The lowest BCUT2D eigenvalue weighted by Crippen LogP contribution is -2.13. The van der Waals surface area contributed by atoms with Gasteiger partial charge >= 0.3 is 5.97 Å². The van der Waals surface area contributed by atoms with Crippen molar-refractivity contribution in [3.8, 4) is 0 Å². The molecule has 0 saturated heterocycles. The van der Waals surface area contributed by atoms with E-state index in [9.17, 15) is 14.4 Å². The summed E-state index contributed by atoms with van der Waals surface area (Å²) in [6, 6.07) is 0. The zero-order chi connectivity index (χ0) is 14.5. The average molecular weight is 278 g/mol. The van der Waals surface area contributed by atoms with Crippen molar-refractivity contribution in [2.45, 2.75) is 64.2 Å². The molecule has 1 unspecified atom stereocenters. The van der Waals surface area contributed by atoms with Crippen molar-refractivity contribution in [3.63, 3.8) is 0 Å². The Bertz CT molecular complexity index is 447. The number of ketones is 2. The molecule has 0 fully saturated rings. The molecule has 0 bridgehead atoms. The quantitative estimate of drug-likeness (QED) is 0.574. The molecule has 0 aromatic rings. The van der Waals surface area contributed by atoms with Gasteiger partial charge in [0.1, 0.15) is 11.6 Å². The topological polar surface area (TPSA) is 71.4 Å². The van der Waals surface area contributed by atoms with Gasteiger partial charge in [0, 0.05) is 31.6 Å². The number of hydrogen-bond donors (Lipinski definition) is 1. The monoisotopic (exact) mass is 278 g/mol. The highest BCUT2D eigenvalue weighted by molar-refractivity contribution is 5.94. The molecule has 0 heterocycles. The van der Waals surface area contributed by atoms with Crippen molar-refractivity contribution in [2.24, 2.45) is 5.92 Å². The first-order valence-corrected chi connectivity index (χ1v) is 7.55. The number of Topliss-reactive ketones (excluding diaryl/α,β-unsaturated/α-hetero) is 2. The number of unbranched alkanes of at least 4 members (excludes halogenated alkanes) is 3. The predicted octanol–water partition coefficient (Wildman–Crippen LogP) is 3.05. The summed E-state index contributed by atoms with van der Waals surface area (Å²) in [7, 11) is 0. The van der Waals surface area contributed by atoms with E-state index in [4.69, 9.17) is 5.11 Å². The van der Waals surface area contributed by atoms with Crippen LogP contribution in [0.25, 0.3) is 0 Å². The molecule has 0 aromatic carbocycles. The van der Waals surface area contributed by atoms with Crippen LogP contribution in [-0.4, -0.2) is 22.6 Å². The smallest absolute Gasteiger partial charge is 0.303 e. The van der Waals surface area contributed by atoms with Crippen LogP contribution in [-0.2, 0) is 14.4 Å². The Kier molecular flexibility index (Phi) is 5.10. The fourth-order valence-corrected chi connectivity index (χ4v) is 3.33. The number of aliphatic carboxylic acids is 1. The van der Waals surface area contributed by atoms with Crippen molar-refractivity contribution < 1.29 is 19.5 Å². The Balaban J connectivity index is 1.74. The second-order valence-electron chi connectivity index (χ2n) is 5.89. The molecule has 0 spiro atoms. The van der Waals surface area contributed by atoms with Gasteiger partial charge in [-0.25, -0.2) is 0 Å². The summed E-state index contributed by atoms with van der Waals surface area (Å²) in [5.74, 6) is -0.128. The second-order valence-corrected chi connectivity index (χ2v) is 5.89. The van der Waals surface area contributed by atoms with Gasteiger partial charge in [0.05, 0.1) is 0 Å². The third kappa shape index (κ3) is 3.78. The Morgan fingerprint density at radius 3 is 2.55 bits per heavy atom. The van der Waals surface area contributed by atoms with Gasteiger partial charge in [0.15, 0.2) is 0 Å². The standard InChI is InChI=1S/C16H22O4/c17-12-7-8-13-11(9-12)10-15(18)14(13)5-3-1-2-4-6-16(19)20/h14H,1-10H2,(H,19,20). The fourth-order valence-electron chi connectivity index (χ4n) is 3.33. The molecule has 0 aromatic heterocycles. The van der Waals surface area contributed by atoms with Gasteiger partial charge in [-0.1, -0.05) is 30.4 Å². The molecular formula is C16H22O4. The third-order valence-corrected chi connectivity index (χ3v) is 4.37. The van der Waals surface area contributed by atoms with Crippen molar-refractivity contribution >= 4 is 17.5 Å². The van der Waals surface area contributed by atoms with E-state index in [-0.39, 0.29) is 23.9 Å². The molecule has 2 aliphatic carbocycles. The summed E-state index contributed by atoms with van der Waals surface area (Å²) in [5, 5.41) is 8.55. The van der Waals surface area contributed by atoms with Crippen LogP contribution >= 0.6 is 0 Å². The maximum Gasteiger partial charge on any atom is 0.303 e. The number of carbonyl (C=O) groups excluding carboxylic acids is 2. The lowest BCUT2D eigenvalue weighted by atomic mass is 9.86. The minimum absolute atomic E-state index is 0.0533. The van der Waals surface area contributed by atoms with E-state index in [1.165, 1.54) is 5.57 Å². The van der Waals surface area contributed by atoms with Crippen molar-refractivity contribution in [1.29, 1.82) is 0 Å². The SMILES string of the molecule is O=C(O)CCCCCCC1C(=O)CC2=C1CCC(=O)C2. The van der Waals surface area contributed by atoms with Crippen LogP contribution in [0.15, 0.2) is 11.1 Å². The fraction of sp³-hybridized carbons (Fsp3) is 0.688. The molecule has 0 saturated carbocycles. The molecule has 0 radical (unpaired) electrons. The summed E-state index contributed by atoms with van der Waals surface area (Å²) in [6.45, 7) is 0. The highest BCUT2D eigenvalue weighted by Gasteiger charge is 2.35. The first-order valence-electron chi connectivity index (χ1n) is 7.55. The molecule has 110 valence electrons. The van der Waals surface area contributed by atoms with E-state index < -0.39 is 5.97 Å². The van der Waals surface area contributed by atoms with Gasteiger partial charge < -0.3 is 5.11 Å². The zero-order valence-electron chi connectivity index (χ0n) is 11.8. The molecular weight excluding hydrogens is 256 g/mol. The van der Waals surface area contributed by atoms with Crippen LogP contribution in [0.1, 0.15) is 64.2 Å². The summed E-state index contributed by atoms with van der Waals surface area (Å²) >= 11 is 0. The molecule has 0 amide bonds. The molecule has 4 nitrogen and oxygen atoms in total. The van der Waals surface area contributed by atoms with Crippen LogP contribution in [0.3, 0.4) is 0 Å². The van der Waals surface area contributed by atoms with E-state index in [1.54, 1.807) is 0 Å². The number of rotatable bonds is 7. The summed E-state index contributed by atoms with van der Waals surface area (Å²) < 4.78 is 0. The molecule has 2 aliphatic rings. The number of carboxylic acid groups (broad SMARTS) is 1. The third-order valence-electron chi connectivity index (χ3n) is 4.37. The number of hydrogen-bond acceptors (Lipinski definition) is 3. The van der Waals surface area contributed by atoms with Crippen LogP contribution in [0.5, 0.6) is 0 Å². The second kappa shape index (κ2) is 6.82. The van der Waals surface area contributed by atoms with Crippen LogP contribution in [0.4, 0.5) is 0 Å². The number of carbonyl (C=O) groups is 3. The molecule has 1 atom stereocenters. The normalized spacial score (nSPS) is 22.3. The van der Waals surface area contributed by atoms with E-state index in [2.05, 4.69) is 0 Å². The molecule has 1 N–H and O–H groups in total. The molecule has 4 heteroatoms. The van der Waals surface area contributed by atoms with Gasteiger partial charge in [-0.2, -0.15) is 0 Å². The average Bonchev–Trinajstić information content (AvgIpc) is 2.68. The van der Waals surface area contributed by atoms with Crippen LogP contribution in [0.2, 0.25) is 0 Å². The van der Waals surface area contributed by atoms with Crippen LogP contribution in [0, 0.1) is 5.92 Å². The van der Waals surface area contributed by atoms with Gasteiger partial charge in [-0.05, 0) is 19.3 Å². The Morgan fingerprint density at radius 1 is 1.05 bits per heavy atom. The minimum Gasteiger partial charge on any atom is -0.481 e. The Labute approximate surface area is 119 Å². The largest absolute Gasteiger partial charge is 0.481 e. The first kappa shape index (κ1) is 14.9. The predicted molar refractivity (Wildman–Crippen MR) is 74.3 cm³/mol. The van der Waals surface area contributed by atoms with E-state index in [1.807, 2.05) is 0 Å². The summed E-state index contributed by atoms with van der Waals surface area (Å²) in [5.41, 5.74) is 2.35. The minimum atomic E-state index is -0.738. The lowest BCUT2D eigenvalue weighted by Gasteiger charge is -2.17. The van der Waals surface area contributed by atoms with Crippen molar-refractivity contribution in [2.75, 3.05) is 0 Å². The number of allylic oxidation sites excluding steroid dienone is 2. The van der Waals surface area contributed by atoms with Gasteiger partial charge in [-0.15, -0.1) is 0 Å². The van der Waals surface area contributed by atoms with Crippen LogP contribution < -0.4 is 0 Å². The zero-order valence-corrected chi connectivity index (χ0v) is 11.8. The van der Waals surface area contributed by atoms with E-state index >= 15 is 0 Å². The maximum atomic E-state index is 12.0.